The van der Waals surface area contributed by atoms with E-state index in [2.05, 4.69) is 19.1 Å². The van der Waals surface area contributed by atoms with Crippen molar-refractivity contribution < 1.29 is 4.74 Å². The average Bonchev–Trinajstić information content (AvgIpc) is 2.14. The molecule has 0 bridgehead atoms. The van der Waals surface area contributed by atoms with Crippen molar-refractivity contribution in [3.05, 3.63) is 24.5 Å². The number of allylic oxidation sites excluding steroid dienone is 2. The van der Waals surface area contributed by atoms with Crippen LogP contribution in [0.25, 0.3) is 0 Å². The molecule has 0 aromatic heterocycles. The van der Waals surface area contributed by atoms with Crippen LogP contribution < -0.4 is 0 Å². The molecule has 1 aliphatic rings. The van der Waals surface area contributed by atoms with Crippen molar-refractivity contribution in [1.82, 2.24) is 0 Å². The van der Waals surface area contributed by atoms with Gasteiger partial charge in [-0.15, -0.1) is 0 Å². The fourth-order valence-corrected chi connectivity index (χ4v) is 1.36. The number of rotatable bonds is 5. The normalized spacial score (nSPS) is 20.9. The average molecular weight is 166 g/mol. The molecule has 1 aliphatic heterocycles. The van der Waals surface area contributed by atoms with Crippen LogP contribution in [-0.2, 0) is 4.74 Å². The van der Waals surface area contributed by atoms with Gasteiger partial charge in [-0.25, -0.2) is 0 Å². The van der Waals surface area contributed by atoms with E-state index in [4.69, 9.17) is 4.74 Å². The first-order valence-corrected chi connectivity index (χ1v) is 4.92. The van der Waals surface area contributed by atoms with Crippen LogP contribution in [0.3, 0.4) is 0 Å². The molecule has 0 fully saturated rings. The van der Waals surface area contributed by atoms with E-state index in [1.54, 1.807) is 6.26 Å². The molecular formula is C11H18O. The Morgan fingerprint density at radius 2 is 2.08 bits per heavy atom. The third kappa shape index (κ3) is 3.61. The SMILES string of the molecule is CCCCCCC1C=CC=CO1. The van der Waals surface area contributed by atoms with Gasteiger partial charge in [0.05, 0.1) is 6.26 Å². The molecule has 1 rings (SSSR count). The van der Waals surface area contributed by atoms with Gasteiger partial charge in [0.25, 0.3) is 0 Å². The van der Waals surface area contributed by atoms with E-state index in [0.29, 0.717) is 6.10 Å². The lowest BCUT2D eigenvalue weighted by molar-refractivity contribution is 0.171. The number of unbranched alkanes of at least 4 members (excludes halogenated alkanes) is 3. The summed E-state index contributed by atoms with van der Waals surface area (Å²) >= 11 is 0. The van der Waals surface area contributed by atoms with Gasteiger partial charge in [-0.2, -0.15) is 0 Å². The van der Waals surface area contributed by atoms with Gasteiger partial charge in [-0.1, -0.05) is 32.3 Å². The molecule has 1 heteroatoms. The summed E-state index contributed by atoms with van der Waals surface area (Å²) in [7, 11) is 0. The smallest absolute Gasteiger partial charge is 0.116 e. The minimum Gasteiger partial charge on any atom is -0.494 e. The van der Waals surface area contributed by atoms with Crippen LogP contribution in [0.4, 0.5) is 0 Å². The monoisotopic (exact) mass is 166 g/mol. The molecule has 0 amide bonds. The van der Waals surface area contributed by atoms with Crippen molar-refractivity contribution in [2.45, 2.75) is 45.1 Å². The predicted octanol–water partition coefficient (Wildman–Crippen LogP) is 3.43. The minimum absolute atomic E-state index is 0.340. The summed E-state index contributed by atoms with van der Waals surface area (Å²) in [6, 6.07) is 0. The van der Waals surface area contributed by atoms with Crippen LogP contribution in [0.15, 0.2) is 24.5 Å². The van der Waals surface area contributed by atoms with Crippen LogP contribution in [0, 0.1) is 0 Å². The highest BCUT2D eigenvalue weighted by Crippen LogP contribution is 2.11. The molecule has 0 spiro atoms. The quantitative estimate of drug-likeness (QED) is 0.568. The molecule has 0 radical (unpaired) electrons. The third-order valence-electron chi connectivity index (χ3n) is 2.11. The van der Waals surface area contributed by atoms with Crippen molar-refractivity contribution in [3.63, 3.8) is 0 Å². The van der Waals surface area contributed by atoms with Crippen molar-refractivity contribution >= 4 is 0 Å². The van der Waals surface area contributed by atoms with E-state index in [-0.39, 0.29) is 0 Å². The van der Waals surface area contributed by atoms with Crippen molar-refractivity contribution in [3.8, 4) is 0 Å². The highest BCUT2D eigenvalue weighted by molar-refractivity contribution is 5.07. The molecule has 0 saturated heterocycles. The van der Waals surface area contributed by atoms with E-state index >= 15 is 0 Å². The van der Waals surface area contributed by atoms with Gasteiger partial charge in [-0.3, -0.25) is 0 Å². The molecule has 0 N–H and O–H groups in total. The van der Waals surface area contributed by atoms with Gasteiger partial charge >= 0.3 is 0 Å². The largest absolute Gasteiger partial charge is 0.494 e. The maximum atomic E-state index is 5.39. The lowest BCUT2D eigenvalue weighted by Crippen LogP contribution is -2.07. The molecule has 12 heavy (non-hydrogen) atoms. The van der Waals surface area contributed by atoms with Gasteiger partial charge in [0.15, 0.2) is 0 Å². The van der Waals surface area contributed by atoms with E-state index in [1.165, 1.54) is 32.1 Å². The Hall–Kier alpha value is -0.720. The Morgan fingerprint density at radius 3 is 2.75 bits per heavy atom. The zero-order valence-corrected chi connectivity index (χ0v) is 7.83. The zero-order chi connectivity index (χ0) is 8.65. The standard InChI is InChI=1S/C11H18O/c1-2-3-4-5-8-11-9-6-7-10-12-11/h6-7,9-11H,2-5,8H2,1H3. The summed E-state index contributed by atoms with van der Waals surface area (Å²) in [6.07, 6.45) is 14.7. The van der Waals surface area contributed by atoms with Gasteiger partial charge in [-0.05, 0) is 25.0 Å². The third-order valence-corrected chi connectivity index (χ3v) is 2.11. The molecule has 0 saturated carbocycles. The van der Waals surface area contributed by atoms with Crippen LogP contribution >= 0.6 is 0 Å². The first-order valence-electron chi connectivity index (χ1n) is 4.92. The van der Waals surface area contributed by atoms with E-state index < -0.39 is 0 Å². The maximum Gasteiger partial charge on any atom is 0.116 e. The molecule has 1 unspecified atom stereocenters. The van der Waals surface area contributed by atoms with Crippen LogP contribution in [0.2, 0.25) is 0 Å². The molecular weight excluding hydrogens is 148 g/mol. The highest BCUT2D eigenvalue weighted by atomic mass is 16.5. The fourth-order valence-electron chi connectivity index (χ4n) is 1.36. The van der Waals surface area contributed by atoms with Gasteiger partial charge in [0, 0.05) is 0 Å². The van der Waals surface area contributed by atoms with E-state index in [1.807, 2.05) is 6.08 Å². The molecule has 0 aliphatic carbocycles. The number of hydrogen-bond donors (Lipinski definition) is 0. The highest BCUT2D eigenvalue weighted by Gasteiger charge is 2.04. The summed E-state index contributed by atoms with van der Waals surface area (Å²) in [6.45, 7) is 2.24. The Balaban J connectivity index is 2.00. The Labute approximate surface area is 75.1 Å². The molecule has 1 atom stereocenters. The molecule has 0 aromatic rings. The molecule has 68 valence electrons. The second-order valence-corrected chi connectivity index (χ2v) is 3.24. The maximum absolute atomic E-state index is 5.39. The summed E-state index contributed by atoms with van der Waals surface area (Å²) < 4.78 is 5.39. The summed E-state index contributed by atoms with van der Waals surface area (Å²) in [5.41, 5.74) is 0. The van der Waals surface area contributed by atoms with Crippen LogP contribution in [0.1, 0.15) is 39.0 Å². The Morgan fingerprint density at radius 1 is 1.17 bits per heavy atom. The summed E-state index contributed by atoms with van der Waals surface area (Å²) in [4.78, 5) is 0. The van der Waals surface area contributed by atoms with Gasteiger partial charge in [0.2, 0.25) is 0 Å². The van der Waals surface area contributed by atoms with Crippen LogP contribution in [0.5, 0.6) is 0 Å². The number of hydrogen-bond acceptors (Lipinski definition) is 1. The first-order chi connectivity index (χ1) is 5.93. The second-order valence-electron chi connectivity index (χ2n) is 3.24. The summed E-state index contributed by atoms with van der Waals surface area (Å²) in [5.74, 6) is 0. The first kappa shape index (κ1) is 9.37. The predicted molar refractivity (Wildman–Crippen MR) is 51.9 cm³/mol. The summed E-state index contributed by atoms with van der Waals surface area (Å²) in [5, 5.41) is 0. The van der Waals surface area contributed by atoms with Crippen LogP contribution in [-0.4, -0.2) is 6.10 Å². The topological polar surface area (TPSA) is 9.23 Å². The lowest BCUT2D eigenvalue weighted by Gasteiger charge is -2.14. The van der Waals surface area contributed by atoms with E-state index in [0.717, 1.165) is 0 Å². The van der Waals surface area contributed by atoms with Gasteiger partial charge < -0.3 is 4.74 Å². The van der Waals surface area contributed by atoms with Crippen molar-refractivity contribution in [2.75, 3.05) is 0 Å². The van der Waals surface area contributed by atoms with Gasteiger partial charge in [0.1, 0.15) is 6.10 Å². The zero-order valence-electron chi connectivity index (χ0n) is 7.83. The van der Waals surface area contributed by atoms with Crippen molar-refractivity contribution in [1.29, 1.82) is 0 Å². The minimum atomic E-state index is 0.340. The molecule has 0 aromatic carbocycles. The van der Waals surface area contributed by atoms with E-state index in [9.17, 15) is 0 Å². The Bertz CT molecular complexity index is 158. The molecule has 1 nitrogen and oxygen atoms in total. The van der Waals surface area contributed by atoms with Crippen molar-refractivity contribution in [2.24, 2.45) is 0 Å². The second kappa shape index (κ2) is 5.87. The lowest BCUT2D eigenvalue weighted by atomic mass is 10.1. The Kier molecular flexibility index (Phi) is 4.58. The fraction of sp³-hybridized carbons (Fsp3) is 0.636. The number of ether oxygens (including phenoxy) is 1. The molecule has 1 heterocycles.